The van der Waals surface area contributed by atoms with E-state index in [9.17, 15) is 0 Å². The Bertz CT molecular complexity index is 643. The number of hydrogen-bond donors (Lipinski definition) is 1. The van der Waals surface area contributed by atoms with Crippen molar-refractivity contribution in [1.29, 1.82) is 0 Å². The van der Waals surface area contributed by atoms with Crippen LogP contribution in [0.5, 0.6) is 5.75 Å². The molecule has 3 rings (SSSR count). The zero-order valence-electron chi connectivity index (χ0n) is 11.5. The molecule has 0 bridgehead atoms. The van der Waals surface area contributed by atoms with Gasteiger partial charge < -0.3 is 9.64 Å². The number of H-pyrrole nitrogens is 1. The molecule has 2 aromatic rings. The van der Waals surface area contributed by atoms with Crippen molar-refractivity contribution in [1.82, 2.24) is 14.8 Å². The van der Waals surface area contributed by atoms with Crippen molar-refractivity contribution < 1.29 is 4.74 Å². The summed E-state index contributed by atoms with van der Waals surface area (Å²) >= 11 is 5.39. The molecule has 0 unspecified atom stereocenters. The minimum Gasteiger partial charge on any atom is -0.495 e. The van der Waals surface area contributed by atoms with E-state index in [1.54, 1.807) is 7.11 Å². The Hall–Kier alpha value is -1.82. The molecule has 1 N–H and O–H groups in total. The van der Waals surface area contributed by atoms with Gasteiger partial charge in [-0.1, -0.05) is 12.1 Å². The molecule has 1 aromatic carbocycles. The number of aromatic nitrogens is 3. The second-order valence-corrected chi connectivity index (χ2v) is 5.27. The molecule has 1 aliphatic heterocycles. The molecule has 1 aromatic heterocycles. The fraction of sp³-hybridized carbons (Fsp3) is 0.429. The van der Waals surface area contributed by atoms with Gasteiger partial charge >= 0.3 is 0 Å². The number of ether oxygens (including phenoxy) is 1. The van der Waals surface area contributed by atoms with E-state index in [1.807, 2.05) is 28.8 Å². The van der Waals surface area contributed by atoms with Crippen LogP contribution in [0.15, 0.2) is 24.3 Å². The van der Waals surface area contributed by atoms with Crippen molar-refractivity contribution in [2.24, 2.45) is 0 Å². The first-order valence-electron chi connectivity index (χ1n) is 6.87. The first-order chi connectivity index (χ1) is 9.81. The van der Waals surface area contributed by atoms with Gasteiger partial charge in [0.05, 0.1) is 12.8 Å². The first kappa shape index (κ1) is 13.2. The lowest BCUT2D eigenvalue weighted by Gasteiger charge is -2.27. The predicted octanol–water partition coefficient (Wildman–Crippen LogP) is 2.93. The normalized spacial score (nSPS) is 15.3. The number of nitrogens with one attached hydrogen (secondary N) is 1. The predicted molar refractivity (Wildman–Crippen MR) is 81.4 cm³/mol. The monoisotopic (exact) mass is 290 g/mol. The Kier molecular flexibility index (Phi) is 3.73. The van der Waals surface area contributed by atoms with Crippen LogP contribution in [0, 0.1) is 4.77 Å². The molecule has 0 atom stereocenters. The lowest BCUT2D eigenvalue weighted by molar-refractivity contribution is 0.412. The molecule has 0 amide bonds. The Morgan fingerprint density at radius 3 is 2.70 bits per heavy atom. The number of methoxy groups -OCH3 is 1. The molecule has 5 nitrogen and oxygen atoms in total. The van der Waals surface area contributed by atoms with Crippen LogP contribution in [0.1, 0.15) is 19.3 Å². The molecule has 106 valence electrons. The summed E-state index contributed by atoms with van der Waals surface area (Å²) in [6, 6.07) is 7.86. The van der Waals surface area contributed by atoms with Gasteiger partial charge in [-0.25, -0.2) is 5.10 Å². The lowest BCUT2D eigenvalue weighted by atomic mass is 10.1. The third kappa shape index (κ3) is 2.31. The van der Waals surface area contributed by atoms with Gasteiger partial charge in [-0.3, -0.25) is 4.57 Å². The number of anilines is 1. The largest absolute Gasteiger partial charge is 0.495 e. The third-order valence-corrected chi connectivity index (χ3v) is 3.89. The summed E-state index contributed by atoms with van der Waals surface area (Å²) < 4.78 is 7.99. The van der Waals surface area contributed by atoms with Gasteiger partial charge in [-0.15, -0.1) is 5.10 Å². The first-order valence-corrected chi connectivity index (χ1v) is 7.28. The third-order valence-electron chi connectivity index (χ3n) is 3.62. The zero-order chi connectivity index (χ0) is 13.9. The van der Waals surface area contributed by atoms with Crippen molar-refractivity contribution in [3.8, 4) is 11.4 Å². The van der Waals surface area contributed by atoms with Gasteiger partial charge in [0.1, 0.15) is 5.75 Å². The topological polar surface area (TPSA) is 46.1 Å². The van der Waals surface area contributed by atoms with Crippen LogP contribution in [0.3, 0.4) is 0 Å². The molecule has 0 aliphatic carbocycles. The van der Waals surface area contributed by atoms with E-state index >= 15 is 0 Å². The molecule has 0 spiro atoms. The second-order valence-electron chi connectivity index (χ2n) is 4.88. The molecule has 1 fully saturated rings. The fourth-order valence-corrected chi connectivity index (χ4v) is 2.85. The van der Waals surface area contributed by atoms with E-state index in [0.717, 1.165) is 30.5 Å². The second kappa shape index (κ2) is 5.66. The number of piperidine rings is 1. The highest BCUT2D eigenvalue weighted by Crippen LogP contribution is 2.27. The van der Waals surface area contributed by atoms with E-state index in [4.69, 9.17) is 17.0 Å². The highest BCUT2D eigenvalue weighted by molar-refractivity contribution is 7.71. The Balaban J connectivity index is 2.09. The van der Waals surface area contributed by atoms with Crippen LogP contribution < -0.4 is 9.64 Å². The maximum atomic E-state index is 5.44. The summed E-state index contributed by atoms with van der Waals surface area (Å²) in [5, 5.41) is 7.31. The van der Waals surface area contributed by atoms with Gasteiger partial charge in [-0.05, 0) is 43.6 Å². The number of nitrogens with zero attached hydrogens (tertiary/aromatic N) is 3. The molecule has 20 heavy (non-hydrogen) atoms. The van der Waals surface area contributed by atoms with Gasteiger partial charge in [-0.2, -0.15) is 0 Å². The van der Waals surface area contributed by atoms with Gasteiger partial charge in [0, 0.05) is 13.1 Å². The molecular weight excluding hydrogens is 272 g/mol. The lowest BCUT2D eigenvalue weighted by Crippen LogP contribution is -2.31. The van der Waals surface area contributed by atoms with E-state index in [2.05, 4.69) is 15.1 Å². The van der Waals surface area contributed by atoms with E-state index in [0.29, 0.717) is 4.77 Å². The van der Waals surface area contributed by atoms with Crippen LogP contribution in [0.2, 0.25) is 0 Å². The summed E-state index contributed by atoms with van der Waals surface area (Å²) in [5.74, 6) is 1.67. The molecule has 1 aliphatic rings. The van der Waals surface area contributed by atoms with Gasteiger partial charge in [0.2, 0.25) is 10.7 Å². The number of hydrogen-bond acceptors (Lipinski definition) is 4. The van der Waals surface area contributed by atoms with Crippen LogP contribution in [0.4, 0.5) is 5.95 Å². The van der Waals surface area contributed by atoms with Crippen LogP contribution >= 0.6 is 12.2 Å². The Morgan fingerprint density at radius 1 is 1.20 bits per heavy atom. The van der Waals surface area contributed by atoms with Crippen molar-refractivity contribution in [3.63, 3.8) is 0 Å². The van der Waals surface area contributed by atoms with Crippen LogP contribution in [0.25, 0.3) is 5.69 Å². The standard InChI is InChI=1S/C14H18N4OS/c1-19-12-8-4-3-7-11(12)18-13(15-16-14(18)20)17-9-5-2-6-10-17/h3-4,7-8H,2,5-6,9-10H2,1H3,(H,16,20). The number of benzene rings is 1. The highest BCUT2D eigenvalue weighted by Gasteiger charge is 2.19. The van der Waals surface area contributed by atoms with Crippen molar-refractivity contribution in [3.05, 3.63) is 29.0 Å². The molecule has 0 radical (unpaired) electrons. The smallest absolute Gasteiger partial charge is 0.230 e. The summed E-state index contributed by atoms with van der Waals surface area (Å²) in [7, 11) is 1.67. The molecule has 6 heteroatoms. The SMILES string of the molecule is COc1ccccc1-n1c(N2CCCCC2)n[nH]c1=S. The minimum atomic E-state index is 0.593. The van der Waals surface area contributed by atoms with E-state index < -0.39 is 0 Å². The maximum absolute atomic E-state index is 5.44. The maximum Gasteiger partial charge on any atom is 0.230 e. The van der Waals surface area contributed by atoms with Crippen molar-refractivity contribution in [2.75, 3.05) is 25.1 Å². The summed E-state index contributed by atoms with van der Waals surface area (Å²) in [5.41, 5.74) is 0.925. The Morgan fingerprint density at radius 2 is 1.95 bits per heavy atom. The molecule has 0 saturated carbocycles. The number of para-hydroxylation sites is 2. The van der Waals surface area contributed by atoms with E-state index in [1.165, 1.54) is 19.3 Å². The average Bonchev–Trinajstić information content (AvgIpc) is 2.89. The number of aromatic amines is 1. The summed E-state index contributed by atoms with van der Waals surface area (Å²) in [6.45, 7) is 2.05. The van der Waals surface area contributed by atoms with Crippen molar-refractivity contribution >= 4 is 18.2 Å². The van der Waals surface area contributed by atoms with Gasteiger partial charge in [0.25, 0.3) is 0 Å². The van der Waals surface area contributed by atoms with Gasteiger partial charge in [0.15, 0.2) is 0 Å². The van der Waals surface area contributed by atoms with Crippen LogP contribution in [-0.2, 0) is 0 Å². The Labute approximate surface area is 123 Å². The molecule has 2 heterocycles. The fourth-order valence-electron chi connectivity index (χ4n) is 2.63. The highest BCUT2D eigenvalue weighted by atomic mass is 32.1. The van der Waals surface area contributed by atoms with Crippen molar-refractivity contribution in [2.45, 2.75) is 19.3 Å². The van der Waals surface area contributed by atoms with E-state index in [-0.39, 0.29) is 0 Å². The average molecular weight is 290 g/mol. The molecular formula is C14H18N4OS. The number of rotatable bonds is 3. The minimum absolute atomic E-state index is 0.593. The zero-order valence-corrected chi connectivity index (χ0v) is 12.3. The summed E-state index contributed by atoms with van der Waals surface area (Å²) in [6.07, 6.45) is 3.69. The van der Waals surface area contributed by atoms with Crippen LogP contribution in [-0.4, -0.2) is 35.0 Å². The molecule has 1 saturated heterocycles. The quantitative estimate of drug-likeness (QED) is 0.883. The summed E-state index contributed by atoms with van der Waals surface area (Å²) in [4.78, 5) is 2.28.